The van der Waals surface area contributed by atoms with Crippen LogP contribution in [-0.2, 0) is 6.42 Å². The first-order valence-corrected chi connectivity index (χ1v) is 11.1. The summed E-state index contributed by atoms with van der Waals surface area (Å²) in [6.07, 6.45) is 13.7. The Hall–Kier alpha value is -0.840. The number of alkyl halides is 1. The number of carboxylic acid groups (broad SMARTS) is 1. The molecule has 2 unspecified atom stereocenters. The zero-order valence-electron chi connectivity index (χ0n) is 15.6. The van der Waals surface area contributed by atoms with Gasteiger partial charge in [-0.3, -0.25) is 0 Å². The average Bonchev–Trinajstić information content (AvgIpc) is 3.17. The number of thiophene rings is 1. The Balaban J connectivity index is 1.80. The minimum Gasteiger partial charge on any atom is -0.477 e. The molecule has 1 aliphatic rings. The molecule has 0 spiro atoms. The zero-order chi connectivity index (χ0) is 18.9. The molecule has 1 aromatic rings. The van der Waals surface area contributed by atoms with Crippen LogP contribution in [0.5, 0.6) is 0 Å². The molecule has 1 saturated carbocycles. The van der Waals surface area contributed by atoms with Gasteiger partial charge in [0.25, 0.3) is 0 Å². The summed E-state index contributed by atoms with van der Waals surface area (Å²) in [4.78, 5) is 12.5. The number of halogens is 1. The zero-order valence-corrected chi connectivity index (χ0v) is 17.1. The lowest BCUT2D eigenvalue weighted by atomic mass is 9.89. The second-order valence-corrected chi connectivity index (χ2v) is 9.03. The van der Waals surface area contributed by atoms with Crippen LogP contribution in [0, 0.1) is 11.8 Å². The van der Waals surface area contributed by atoms with Crippen LogP contribution in [-0.4, -0.2) is 27.7 Å². The number of rotatable bonds is 11. The lowest BCUT2D eigenvalue weighted by molar-refractivity contribution is 0.0702. The van der Waals surface area contributed by atoms with Gasteiger partial charge in [0.05, 0.1) is 6.10 Å². The van der Waals surface area contributed by atoms with E-state index in [1.807, 2.05) is 6.07 Å². The van der Waals surface area contributed by atoms with E-state index in [1.165, 1.54) is 37.0 Å². The van der Waals surface area contributed by atoms with Crippen LogP contribution >= 0.6 is 22.9 Å². The third kappa shape index (κ3) is 6.40. The maximum absolute atomic E-state index is 11.0. The van der Waals surface area contributed by atoms with E-state index in [-0.39, 0.29) is 17.4 Å². The molecule has 5 heteroatoms. The summed E-state index contributed by atoms with van der Waals surface area (Å²) >= 11 is 7.86. The molecule has 1 aromatic heterocycles. The highest BCUT2D eigenvalue weighted by atomic mass is 35.5. The molecule has 0 aromatic carbocycles. The number of allylic oxidation sites excluding steroid dienone is 1. The second kappa shape index (κ2) is 11.1. The Kier molecular flexibility index (Phi) is 9.17. The molecule has 1 heterocycles. The van der Waals surface area contributed by atoms with Crippen molar-refractivity contribution in [1.82, 2.24) is 0 Å². The number of aryl methyl sites for hydroxylation is 1. The lowest BCUT2D eigenvalue weighted by Crippen LogP contribution is -2.18. The molecule has 0 saturated heterocycles. The van der Waals surface area contributed by atoms with Crippen LogP contribution in [0.15, 0.2) is 24.3 Å². The molecular weight excluding hydrogens is 368 g/mol. The monoisotopic (exact) mass is 398 g/mol. The fourth-order valence-corrected chi connectivity index (χ4v) is 5.18. The summed E-state index contributed by atoms with van der Waals surface area (Å²) in [5, 5.41) is 19.4. The number of aromatic carboxylic acids is 1. The molecule has 2 N–H and O–H groups in total. The van der Waals surface area contributed by atoms with E-state index >= 15 is 0 Å². The van der Waals surface area contributed by atoms with Gasteiger partial charge in [0, 0.05) is 16.2 Å². The number of unbranched alkanes of at least 4 members (excludes halogenated alkanes) is 4. The largest absolute Gasteiger partial charge is 0.477 e. The van der Waals surface area contributed by atoms with E-state index in [2.05, 4.69) is 19.1 Å². The predicted molar refractivity (Wildman–Crippen MR) is 109 cm³/mol. The fraction of sp³-hybridized carbons (Fsp3) is 0.667. The molecule has 0 amide bonds. The van der Waals surface area contributed by atoms with Crippen LogP contribution in [0.1, 0.15) is 72.8 Å². The van der Waals surface area contributed by atoms with E-state index in [4.69, 9.17) is 16.7 Å². The first-order valence-electron chi connectivity index (χ1n) is 9.83. The van der Waals surface area contributed by atoms with Gasteiger partial charge in [0.15, 0.2) is 0 Å². The Morgan fingerprint density at radius 2 is 2.12 bits per heavy atom. The van der Waals surface area contributed by atoms with E-state index < -0.39 is 5.97 Å². The van der Waals surface area contributed by atoms with Crippen LogP contribution < -0.4 is 0 Å². The van der Waals surface area contributed by atoms with Gasteiger partial charge in [-0.1, -0.05) is 38.3 Å². The number of carbonyl (C=O) groups is 1. The van der Waals surface area contributed by atoms with Gasteiger partial charge < -0.3 is 10.2 Å². The van der Waals surface area contributed by atoms with Crippen molar-refractivity contribution in [3.8, 4) is 0 Å². The molecule has 0 radical (unpaired) electrons. The summed E-state index contributed by atoms with van der Waals surface area (Å²) < 4.78 is 0. The third-order valence-corrected chi connectivity index (χ3v) is 6.92. The minimum atomic E-state index is -0.856. The number of carboxylic acids is 1. The number of aliphatic hydroxyl groups is 1. The molecule has 4 atom stereocenters. The Morgan fingerprint density at radius 3 is 2.81 bits per heavy atom. The number of hydrogen-bond donors (Lipinski definition) is 2. The van der Waals surface area contributed by atoms with Crippen LogP contribution in [0.2, 0.25) is 0 Å². The highest BCUT2D eigenvalue weighted by molar-refractivity contribution is 7.13. The van der Waals surface area contributed by atoms with Gasteiger partial charge in [-0.2, -0.15) is 0 Å². The van der Waals surface area contributed by atoms with E-state index in [0.29, 0.717) is 17.2 Å². The molecule has 2 rings (SSSR count). The molecular formula is C21H31ClO3S. The van der Waals surface area contributed by atoms with Crippen molar-refractivity contribution in [2.24, 2.45) is 11.8 Å². The van der Waals surface area contributed by atoms with Gasteiger partial charge >= 0.3 is 5.97 Å². The molecule has 1 aliphatic carbocycles. The predicted octanol–water partition coefficient (Wildman–Crippen LogP) is 5.90. The van der Waals surface area contributed by atoms with Gasteiger partial charge in [0.2, 0.25) is 0 Å². The van der Waals surface area contributed by atoms with Gasteiger partial charge in [-0.25, -0.2) is 4.79 Å². The first-order chi connectivity index (χ1) is 12.5. The molecule has 1 fully saturated rings. The summed E-state index contributed by atoms with van der Waals surface area (Å²) in [6, 6.07) is 3.58. The number of aliphatic hydroxyl groups excluding tert-OH is 1. The van der Waals surface area contributed by atoms with Crippen molar-refractivity contribution in [2.45, 2.75) is 76.2 Å². The smallest absolute Gasteiger partial charge is 0.345 e. The average molecular weight is 399 g/mol. The Bertz CT molecular complexity index is 584. The van der Waals surface area contributed by atoms with Crippen molar-refractivity contribution in [3.05, 3.63) is 34.0 Å². The molecule has 3 nitrogen and oxygen atoms in total. The highest BCUT2D eigenvalue weighted by Crippen LogP contribution is 2.40. The molecule has 0 aliphatic heterocycles. The van der Waals surface area contributed by atoms with Crippen molar-refractivity contribution in [2.75, 3.05) is 0 Å². The molecule has 146 valence electrons. The fourth-order valence-electron chi connectivity index (χ4n) is 3.81. The van der Waals surface area contributed by atoms with Gasteiger partial charge in [-0.15, -0.1) is 22.9 Å². The SMILES string of the molecule is CCCCCC/C=C/C1[C@@H](CCCc2ccc(C(=O)O)s2)C(Cl)C[C@H]1O. The van der Waals surface area contributed by atoms with Crippen LogP contribution in [0.4, 0.5) is 0 Å². The number of hydrogen-bond acceptors (Lipinski definition) is 3. The quantitative estimate of drug-likeness (QED) is 0.277. The first kappa shape index (κ1) is 21.5. The van der Waals surface area contributed by atoms with Crippen molar-refractivity contribution >= 4 is 28.9 Å². The van der Waals surface area contributed by atoms with Crippen molar-refractivity contribution in [1.29, 1.82) is 0 Å². The van der Waals surface area contributed by atoms with Crippen molar-refractivity contribution < 1.29 is 15.0 Å². The summed E-state index contributed by atoms with van der Waals surface area (Å²) in [5.41, 5.74) is 0. The van der Waals surface area contributed by atoms with Crippen LogP contribution in [0.3, 0.4) is 0 Å². The van der Waals surface area contributed by atoms with E-state index in [9.17, 15) is 9.90 Å². The maximum atomic E-state index is 11.0. The van der Waals surface area contributed by atoms with Crippen LogP contribution in [0.25, 0.3) is 0 Å². The van der Waals surface area contributed by atoms with Gasteiger partial charge in [-0.05, 0) is 56.6 Å². The highest BCUT2D eigenvalue weighted by Gasteiger charge is 2.39. The normalized spacial score (nSPS) is 26.0. The Morgan fingerprint density at radius 1 is 1.31 bits per heavy atom. The molecule has 26 heavy (non-hydrogen) atoms. The summed E-state index contributed by atoms with van der Waals surface area (Å²) in [5.74, 6) is -0.399. The molecule has 0 bridgehead atoms. The van der Waals surface area contributed by atoms with E-state index in [0.717, 1.165) is 30.6 Å². The van der Waals surface area contributed by atoms with Crippen molar-refractivity contribution in [3.63, 3.8) is 0 Å². The third-order valence-electron chi connectivity index (χ3n) is 5.29. The van der Waals surface area contributed by atoms with E-state index in [1.54, 1.807) is 6.07 Å². The topological polar surface area (TPSA) is 57.5 Å². The standard InChI is InChI=1S/C21H31ClO3S/c1-2-3-4-5-6-7-10-17-16(18(22)14-19(17)23)11-8-9-15-12-13-20(26-15)21(24)25/h7,10,12-13,16-19,23H,2-6,8-9,11,14H2,1H3,(H,24,25)/b10-7+/t16-,17?,18?,19-/m1/s1. The Labute approximate surface area is 166 Å². The van der Waals surface area contributed by atoms with Gasteiger partial charge in [0.1, 0.15) is 4.88 Å². The second-order valence-electron chi connectivity index (χ2n) is 7.30. The minimum absolute atomic E-state index is 0.0256. The lowest BCUT2D eigenvalue weighted by Gasteiger charge is -2.20. The maximum Gasteiger partial charge on any atom is 0.345 e. The summed E-state index contributed by atoms with van der Waals surface area (Å²) in [7, 11) is 0. The summed E-state index contributed by atoms with van der Waals surface area (Å²) in [6.45, 7) is 2.22.